The number of unbranched alkanes of at least 4 members (excludes halogenated alkanes) is 15. The van der Waals surface area contributed by atoms with Crippen LogP contribution in [0.4, 0.5) is 0 Å². The number of hydrogen-bond donors (Lipinski definition) is 1. The summed E-state index contributed by atoms with van der Waals surface area (Å²) in [5, 5.41) is 0. The van der Waals surface area contributed by atoms with Crippen LogP contribution in [-0.2, 0) is 4.79 Å². The fourth-order valence-corrected chi connectivity index (χ4v) is 3.52. The van der Waals surface area contributed by atoms with E-state index in [0.717, 1.165) is 12.8 Å². The maximum Gasteiger partial charge on any atom is 0.217 e. The van der Waals surface area contributed by atoms with Gasteiger partial charge in [0.1, 0.15) is 0 Å². The van der Waals surface area contributed by atoms with Gasteiger partial charge >= 0.3 is 0 Å². The highest BCUT2D eigenvalue weighted by molar-refractivity contribution is 5.73. The second kappa shape index (κ2) is 28.2. The van der Waals surface area contributed by atoms with E-state index < -0.39 is 0 Å². The summed E-state index contributed by atoms with van der Waals surface area (Å²) in [6.45, 7) is 5.66. The van der Waals surface area contributed by atoms with Crippen molar-refractivity contribution in [3.63, 3.8) is 0 Å². The zero-order chi connectivity index (χ0) is 22.7. The lowest BCUT2D eigenvalue weighted by atomic mass is 10.1. The van der Waals surface area contributed by atoms with E-state index in [1.54, 1.807) is 0 Å². The number of primary amides is 1. The summed E-state index contributed by atoms with van der Waals surface area (Å²) in [4.78, 5) is 12.8. The first-order valence-corrected chi connectivity index (χ1v) is 13.1. The molecule has 0 rings (SSSR count). The Labute approximate surface area is 190 Å². The molecule has 0 spiro atoms. The number of allylic oxidation sites excluding steroid dienone is 2. The number of rotatable bonds is 21. The van der Waals surface area contributed by atoms with E-state index in [-0.39, 0.29) is 5.91 Å². The van der Waals surface area contributed by atoms with Crippen molar-refractivity contribution >= 4 is 5.91 Å². The van der Waals surface area contributed by atoms with E-state index in [2.05, 4.69) is 45.0 Å². The maximum absolute atomic E-state index is 10.6. The van der Waals surface area contributed by atoms with Crippen LogP contribution in [0.15, 0.2) is 12.2 Å². The third kappa shape index (κ3) is 34.7. The Morgan fingerprint density at radius 3 is 1.37 bits per heavy atom. The molecule has 0 radical (unpaired) electrons. The van der Waals surface area contributed by atoms with E-state index in [1.165, 1.54) is 109 Å². The molecular weight excluding hydrogens is 368 g/mol. The first-order valence-electron chi connectivity index (χ1n) is 13.1. The highest BCUT2D eigenvalue weighted by Crippen LogP contribution is 2.12. The van der Waals surface area contributed by atoms with Crippen molar-refractivity contribution in [2.24, 2.45) is 5.73 Å². The van der Waals surface area contributed by atoms with Gasteiger partial charge in [0, 0.05) is 6.42 Å². The van der Waals surface area contributed by atoms with Crippen LogP contribution in [0.25, 0.3) is 0 Å². The van der Waals surface area contributed by atoms with Gasteiger partial charge in [0.15, 0.2) is 0 Å². The number of amides is 1. The molecule has 0 atom stereocenters. The molecule has 0 aliphatic rings. The summed E-state index contributed by atoms with van der Waals surface area (Å²) < 4.78 is 0. The quantitative estimate of drug-likeness (QED) is 0.150. The Hall–Kier alpha value is -0.830. The van der Waals surface area contributed by atoms with Gasteiger partial charge in [-0.1, -0.05) is 103 Å². The molecular formula is C27H56N2O. The van der Waals surface area contributed by atoms with Gasteiger partial charge in [-0.2, -0.15) is 0 Å². The minimum absolute atomic E-state index is 0.156. The van der Waals surface area contributed by atoms with Crippen LogP contribution in [0.5, 0.6) is 0 Å². The van der Waals surface area contributed by atoms with E-state index in [4.69, 9.17) is 5.73 Å². The third-order valence-electron chi connectivity index (χ3n) is 5.36. The van der Waals surface area contributed by atoms with Gasteiger partial charge in [0.05, 0.1) is 0 Å². The minimum atomic E-state index is -0.156. The van der Waals surface area contributed by atoms with Gasteiger partial charge < -0.3 is 10.6 Å². The lowest BCUT2D eigenvalue weighted by molar-refractivity contribution is -0.118. The molecule has 3 nitrogen and oxygen atoms in total. The highest BCUT2D eigenvalue weighted by Gasteiger charge is 1.95. The summed E-state index contributed by atoms with van der Waals surface area (Å²) in [7, 11) is 4.17. The number of hydrogen-bond acceptors (Lipinski definition) is 2. The molecule has 0 aromatic rings. The largest absolute Gasteiger partial charge is 0.370 e. The number of carbonyl (C=O) groups is 1. The topological polar surface area (TPSA) is 46.3 Å². The Morgan fingerprint density at radius 2 is 1.03 bits per heavy atom. The summed E-state index contributed by atoms with van der Waals surface area (Å²) in [6.07, 6.45) is 29.1. The molecule has 0 saturated carbocycles. The van der Waals surface area contributed by atoms with Crippen LogP contribution in [0, 0.1) is 0 Å². The molecule has 180 valence electrons. The zero-order valence-corrected chi connectivity index (χ0v) is 21.2. The van der Waals surface area contributed by atoms with Crippen LogP contribution < -0.4 is 5.73 Å². The fraction of sp³-hybridized carbons (Fsp3) is 0.889. The standard InChI is InChI=1S/C22H43NO.C5H13N/c1-2-3-4-5-6-7-8-9-10-11-12-13-14-15-16-17-18-19-20-21-22(23)24;1-4-5-6(2)3/h9-10H,2-8,11-21H2,1H3,(H2,23,24);4-5H2,1-3H3/b10-9-;. The van der Waals surface area contributed by atoms with Crippen molar-refractivity contribution < 1.29 is 4.79 Å². The predicted octanol–water partition coefficient (Wildman–Crippen LogP) is 8.03. The molecule has 0 aromatic carbocycles. The first-order chi connectivity index (χ1) is 14.5. The average molecular weight is 425 g/mol. The Kier molecular flexibility index (Phi) is 29.4. The second-order valence-electron chi connectivity index (χ2n) is 9.02. The first kappa shape index (κ1) is 31.4. The lowest BCUT2D eigenvalue weighted by Gasteiger charge is -2.03. The van der Waals surface area contributed by atoms with E-state index in [0.29, 0.717) is 6.42 Å². The molecule has 0 aromatic heterocycles. The lowest BCUT2D eigenvalue weighted by Crippen LogP contribution is -2.11. The molecule has 0 bridgehead atoms. The van der Waals surface area contributed by atoms with Crippen molar-refractivity contribution in [3.05, 3.63) is 12.2 Å². The number of nitrogens with two attached hydrogens (primary N) is 1. The Bertz CT molecular complexity index is 353. The molecule has 2 N–H and O–H groups in total. The van der Waals surface area contributed by atoms with Crippen molar-refractivity contribution in [2.45, 2.75) is 136 Å². The van der Waals surface area contributed by atoms with Gasteiger partial charge in [-0.25, -0.2) is 0 Å². The van der Waals surface area contributed by atoms with E-state index >= 15 is 0 Å². The van der Waals surface area contributed by atoms with Crippen molar-refractivity contribution in [1.29, 1.82) is 0 Å². The summed E-state index contributed by atoms with van der Waals surface area (Å²) in [5.74, 6) is -0.156. The number of carbonyl (C=O) groups excluding carboxylic acids is 1. The smallest absolute Gasteiger partial charge is 0.217 e. The molecule has 0 aliphatic heterocycles. The zero-order valence-electron chi connectivity index (χ0n) is 21.2. The van der Waals surface area contributed by atoms with Gasteiger partial charge in [-0.3, -0.25) is 4.79 Å². The highest BCUT2D eigenvalue weighted by atomic mass is 16.1. The number of nitrogens with zero attached hydrogens (tertiary/aromatic N) is 1. The molecule has 3 heteroatoms. The Morgan fingerprint density at radius 1 is 0.633 bits per heavy atom. The van der Waals surface area contributed by atoms with Gasteiger partial charge in [-0.15, -0.1) is 0 Å². The Balaban J connectivity index is 0. The average Bonchev–Trinajstić information content (AvgIpc) is 2.70. The SMILES string of the molecule is CCCCCCCC/C=C\CCCCCCCCCCCC(N)=O.CCCN(C)C. The van der Waals surface area contributed by atoms with Crippen LogP contribution >= 0.6 is 0 Å². The van der Waals surface area contributed by atoms with Crippen LogP contribution in [0.2, 0.25) is 0 Å². The molecule has 30 heavy (non-hydrogen) atoms. The van der Waals surface area contributed by atoms with Crippen LogP contribution in [-0.4, -0.2) is 31.4 Å². The van der Waals surface area contributed by atoms with Crippen molar-refractivity contribution in [2.75, 3.05) is 20.6 Å². The van der Waals surface area contributed by atoms with E-state index in [1.807, 2.05) is 0 Å². The molecule has 0 saturated heterocycles. The van der Waals surface area contributed by atoms with Gasteiger partial charge in [0.2, 0.25) is 5.91 Å². The normalized spacial score (nSPS) is 11.1. The third-order valence-corrected chi connectivity index (χ3v) is 5.36. The molecule has 1 amide bonds. The second-order valence-corrected chi connectivity index (χ2v) is 9.02. The van der Waals surface area contributed by atoms with Crippen LogP contribution in [0.3, 0.4) is 0 Å². The van der Waals surface area contributed by atoms with Crippen molar-refractivity contribution in [1.82, 2.24) is 4.90 Å². The van der Waals surface area contributed by atoms with Crippen LogP contribution in [0.1, 0.15) is 136 Å². The summed E-state index contributed by atoms with van der Waals surface area (Å²) in [6, 6.07) is 0. The molecule has 0 unspecified atom stereocenters. The van der Waals surface area contributed by atoms with Gasteiger partial charge in [-0.05, 0) is 59.2 Å². The van der Waals surface area contributed by atoms with Crippen molar-refractivity contribution in [3.8, 4) is 0 Å². The molecule has 0 fully saturated rings. The summed E-state index contributed by atoms with van der Waals surface area (Å²) in [5.41, 5.74) is 5.13. The molecule has 0 heterocycles. The molecule has 0 aliphatic carbocycles. The maximum atomic E-state index is 10.6. The van der Waals surface area contributed by atoms with E-state index in [9.17, 15) is 4.79 Å². The monoisotopic (exact) mass is 424 g/mol. The minimum Gasteiger partial charge on any atom is -0.370 e. The summed E-state index contributed by atoms with van der Waals surface area (Å²) >= 11 is 0. The fourth-order valence-electron chi connectivity index (χ4n) is 3.52. The van der Waals surface area contributed by atoms with Gasteiger partial charge in [0.25, 0.3) is 0 Å². The predicted molar refractivity (Wildman–Crippen MR) is 136 cm³/mol.